The molecule has 5 unspecified atom stereocenters. The highest BCUT2D eigenvalue weighted by Crippen LogP contribution is 2.63. The molecule has 0 heterocycles. The monoisotopic (exact) mass is 515 g/mol. The number of nitrogens with zero attached hydrogens (tertiary/aromatic N) is 1. The van der Waals surface area contributed by atoms with Crippen molar-refractivity contribution in [2.45, 2.75) is 111 Å². The van der Waals surface area contributed by atoms with E-state index in [4.69, 9.17) is 6.42 Å². The number of aliphatic hydroxyl groups is 1. The molecule has 0 aromatic heterocycles. The predicted octanol–water partition coefficient (Wildman–Crippen LogP) is 7.85. The molecule has 38 heavy (non-hydrogen) atoms. The zero-order valence-electron chi connectivity index (χ0n) is 24.8. The van der Waals surface area contributed by atoms with Crippen LogP contribution in [0, 0.1) is 35.0 Å². The van der Waals surface area contributed by atoms with Crippen LogP contribution in [0.15, 0.2) is 47.1 Å². The van der Waals surface area contributed by atoms with Crippen LogP contribution in [0.1, 0.15) is 105 Å². The van der Waals surface area contributed by atoms with Crippen molar-refractivity contribution in [3.8, 4) is 12.3 Å². The minimum Gasteiger partial charge on any atom is -0.393 e. The van der Waals surface area contributed by atoms with Gasteiger partial charge in [0.2, 0.25) is 0 Å². The number of benzene rings is 1. The molecule has 0 spiro atoms. The third-order valence-electron chi connectivity index (χ3n) is 9.71. The van der Waals surface area contributed by atoms with E-state index in [0.29, 0.717) is 36.0 Å². The van der Waals surface area contributed by atoms with Crippen LogP contribution < -0.4 is 4.90 Å². The summed E-state index contributed by atoms with van der Waals surface area (Å²) in [6.07, 6.45) is 13.6. The lowest BCUT2D eigenvalue weighted by Gasteiger charge is -2.52. The molecule has 0 amide bonds. The summed E-state index contributed by atoms with van der Waals surface area (Å²) in [7, 11) is 0. The Balaban J connectivity index is 0.000000505. The Labute approximate surface area is 231 Å². The predicted molar refractivity (Wildman–Crippen MR) is 159 cm³/mol. The Morgan fingerprint density at radius 3 is 2.34 bits per heavy atom. The number of anilines is 1. The quantitative estimate of drug-likeness (QED) is 0.415. The molecule has 1 N–H and O–H groups in total. The third kappa shape index (κ3) is 5.53. The number of hydrogen-bond donors (Lipinski definition) is 1. The van der Waals surface area contributed by atoms with Gasteiger partial charge >= 0.3 is 0 Å². The van der Waals surface area contributed by atoms with Gasteiger partial charge in [-0.1, -0.05) is 24.6 Å². The maximum absolute atomic E-state index is 12.2. The summed E-state index contributed by atoms with van der Waals surface area (Å²) in [6, 6.07) is 9.75. The molecule has 0 aliphatic heterocycles. The van der Waals surface area contributed by atoms with E-state index in [2.05, 4.69) is 62.8 Å². The number of aliphatic hydroxyl groups excluding tert-OH is 1. The standard InChI is InChI=1S/C29H39NO2.C6H10/c1-5-30(18(2)3)21-9-6-19(7-10-21)25-17-29(4)26(14-15-27(29)32)24-12-8-20-16-22(31)11-13-23(20)28(24)25;1-5-6(2,3)4/h6-7,9-10,16,18,24-27,32H,5,8,11-15,17H2,1-4H3;1H,2-4H3. The van der Waals surface area contributed by atoms with E-state index < -0.39 is 0 Å². The maximum Gasteiger partial charge on any atom is 0.156 e. The van der Waals surface area contributed by atoms with E-state index in [0.717, 1.165) is 45.1 Å². The molecule has 1 aromatic rings. The fourth-order valence-corrected chi connectivity index (χ4v) is 7.68. The van der Waals surface area contributed by atoms with Crippen LogP contribution in [0.5, 0.6) is 0 Å². The van der Waals surface area contributed by atoms with E-state index >= 15 is 0 Å². The molecule has 1 aromatic carbocycles. The van der Waals surface area contributed by atoms with E-state index in [-0.39, 0.29) is 16.9 Å². The van der Waals surface area contributed by atoms with Crippen LogP contribution >= 0.6 is 0 Å². The van der Waals surface area contributed by atoms with Crippen molar-refractivity contribution in [2.75, 3.05) is 11.4 Å². The van der Waals surface area contributed by atoms with Crippen molar-refractivity contribution in [3.63, 3.8) is 0 Å². The van der Waals surface area contributed by atoms with Gasteiger partial charge in [0.25, 0.3) is 0 Å². The average Bonchev–Trinajstić information content (AvgIpc) is 3.17. The minimum atomic E-state index is -0.192. The Hall–Kier alpha value is -2.31. The minimum absolute atomic E-state index is 0.00282. The number of carbonyl (C=O) groups excluding carboxylic acids is 1. The molecule has 206 valence electrons. The van der Waals surface area contributed by atoms with E-state index in [1.807, 2.05) is 26.8 Å². The summed E-state index contributed by atoms with van der Waals surface area (Å²) in [6.45, 7) is 16.1. The first kappa shape index (κ1) is 28.7. The zero-order chi connectivity index (χ0) is 27.8. The first-order valence-electron chi connectivity index (χ1n) is 14.9. The van der Waals surface area contributed by atoms with Crippen molar-refractivity contribution in [2.24, 2.45) is 22.7 Å². The number of terminal acetylenes is 1. The summed E-state index contributed by atoms with van der Waals surface area (Å²) in [4.78, 5) is 14.6. The smallest absolute Gasteiger partial charge is 0.156 e. The van der Waals surface area contributed by atoms with Crippen molar-refractivity contribution in [1.82, 2.24) is 0 Å². The summed E-state index contributed by atoms with van der Waals surface area (Å²) in [5.74, 6) is 4.38. The molecule has 5 atom stereocenters. The fraction of sp³-hybridized carbons (Fsp3) is 0.629. The van der Waals surface area contributed by atoms with Gasteiger partial charge in [0.15, 0.2) is 5.78 Å². The molecule has 2 fully saturated rings. The second-order valence-electron chi connectivity index (χ2n) is 13.5. The molecule has 0 bridgehead atoms. The van der Waals surface area contributed by atoms with Gasteiger partial charge in [0.1, 0.15) is 0 Å². The molecule has 4 aliphatic carbocycles. The summed E-state index contributed by atoms with van der Waals surface area (Å²) in [5, 5.41) is 11.0. The number of rotatable bonds is 4. The average molecular weight is 516 g/mol. The van der Waals surface area contributed by atoms with Crippen LogP contribution in [-0.2, 0) is 4.79 Å². The lowest BCUT2D eigenvalue weighted by molar-refractivity contribution is -0.114. The normalized spacial score (nSPS) is 30.4. The van der Waals surface area contributed by atoms with Gasteiger partial charge in [-0.2, -0.15) is 0 Å². The van der Waals surface area contributed by atoms with Crippen molar-refractivity contribution >= 4 is 11.5 Å². The lowest BCUT2D eigenvalue weighted by atomic mass is 9.53. The van der Waals surface area contributed by atoms with E-state index in [1.54, 1.807) is 5.57 Å². The van der Waals surface area contributed by atoms with Crippen molar-refractivity contribution < 1.29 is 9.90 Å². The number of carbonyl (C=O) groups is 1. The molecule has 0 radical (unpaired) electrons. The lowest BCUT2D eigenvalue weighted by Crippen LogP contribution is -2.45. The number of hydrogen-bond acceptors (Lipinski definition) is 3. The first-order valence-corrected chi connectivity index (χ1v) is 14.9. The summed E-state index contributed by atoms with van der Waals surface area (Å²) in [5.41, 5.74) is 7.17. The Morgan fingerprint density at radius 1 is 1.11 bits per heavy atom. The largest absolute Gasteiger partial charge is 0.393 e. The highest BCUT2D eigenvalue weighted by molar-refractivity contribution is 5.93. The second-order valence-corrected chi connectivity index (χ2v) is 13.5. The molecule has 2 saturated carbocycles. The van der Waals surface area contributed by atoms with E-state index in [9.17, 15) is 9.90 Å². The molecular formula is C35H49NO2. The molecule has 4 aliphatic rings. The Bertz CT molecular complexity index is 1130. The Kier molecular flexibility index (Phi) is 8.34. The molecule has 0 saturated heterocycles. The molecular weight excluding hydrogens is 466 g/mol. The van der Waals surface area contributed by atoms with Crippen LogP contribution in [0.25, 0.3) is 0 Å². The molecule has 5 rings (SSSR count). The maximum atomic E-state index is 12.2. The highest BCUT2D eigenvalue weighted by Gasteiger charge is 2.56. The Morgan fingerprint density at radius 2 is 1.76 bits per heavy atom. The SMILES string of the molecule is C#CC(C)(C)C.CCN(c1ccc(C2CC3(C)C(O)CCC3C3CCC4=CC(=O)CCC4=C23)cc1)C(C)C. The third-order valence-corrected chi connectivity index (χ3v) is 9.71. The van der Waals surface area contributed by atoms with Gasteiger partial charge < -0.3 is 10.0 Å². The van der Waals surface area contributed by atoms with Gasteiger partial charge in [-0.05, 0) is 132 Å². The molecule has 3 heteroatoms. The highest BCUT2D eigenvalue weighted by atomic mass is 16.3. The van der Waals surface area contributed by atoms with E-state index in [1.165, 1.54) is 22.4 Å². The summed E-state index contributed by atoms with van der Waals surface area (Å²) >= 11 is 0. The fourth-order valence-electron chi connectivity index (χ4n) is 7.68. The van der Waals surface area contributed by atoms with Gasteiger partial charge in [0, 0.05) is 36.0 Å². The number of ketones is 1. The van der Waals surface area contributed by atoms with Crippen LogP contribution in [0.4, 0.5) is 5.69 Å². The van der Waals surface area contributed by atoms with Gasteiger partial charge in [0.05, 0.1) is 6.10 Å². The van der Waals surface area contributed by atoms with Gasteiger partial charge in [-0.25, -0.2) is 0 Å². The van der Waals surface area contributed by atoms with Crippen LogP contribution in [-0.4, -0.2) is 29.6 Å². The van der Waals surface area contributed by atoms with Crippen molar-refractivity contribution in [3.05, 3.63) is 52.6 Å². The van der Waals surface area contributed by atoms with Gasteiger partial charge in [-0.15, -0.1) is 12.3 Å². The van der Waals surface area contributed by atoms with Crippen LogP contribution in [0.3, 0.4) is 0 Å². The number of allylic oxidation sites excluding steroid dienone is 4. The van der Waals surface area contributed by atoms with Crippen LogP contribution in [0.2, 0.25) is 0 Å². The first-order chi connectivity index (χ1) is 17.9. The topological polar surface area (TPSA) is 40.5 Å². The zero-order valence-corrected chi connectivity index (χ0v) is 24.8. The van der Waals surface area contributed by atoms with Gasteiger partial charge in [-0.3, -0.25) is 4.79 Å². The van der Waals surface area contributed by atoms with Crippen molar-refractivity contribution in [1.29, 1.82) is 0 Å². The molecule has 3 nitrogen and oxygen atoms in total. The summed E-state index contributed by atoms with van der Waals surface area (Å²) < 4.78 is 0. The number of fused-ring (bicyclic) bond motifs is 4. The second kappa shape index (κ2) is 11.1.